The minimum atomic E-state index is -4.63. The van der Waals surface area contributed by atoms with E-state index in [4.69, 9.17) is 19.9 Å². The SMILES string of the molecule is COc1nc2c(cc1O[C@H]1CCOC1)C(=N[C@H](C)c1cc(N)cc(C(F)(F)F)c1)NS(=O)(=O)N2CCO. The number of benzene rings is 1. The molecule has 1 fully saturated rings. The summed E-state index contributed by atoms with van der Waals surface area (Å²) in [4.78, 5) is 8.70. The molecule has 2 aliphatic heterocycles. The summed E-state index contributed by atoms with van der Waals surface area (Å²) < 4.78 is 85.7. The number of rotatable bonds is 7. The van der Waals surface area contributed by atoms with Crippen molar-refractivity contribution in [3.63, 3.8) is 0 Å². The van der Waals surface area contributed by atoms with E-state index in [9.17, 15) is 26.7 Å². The van der Waals surface area contributed by atoms with E-state index in [-0.39, 0.29) is 52.7 Å². The lowest BCUT2D eigenvalue weighted by atomic mass is 10.0. The summed E-state index contributed by atoms with van der Waals surface area (Å²) in [5.41, 5.74) is 4.93. The average Bonchev–Trinajstić information content (AvgIpc) is 3.33. The molecule has 1 saturated heterocycles. The second-order valence-electron chi connectivity index (χ2n) is 8.41. The number of nitrogens with two attached hydrogens (primary N) is 1. The third-order valence-electron chi connectivity index (χ3n) is 5.73. The van der Waals surface area contributed by atoms with Gasteiger partial charge in [0.2, 0.25) is 0 Å². The van der Waals surface area contributed by atoms with E-state index in [0.29, 0.717) is 19.6 Å². The highest BCUT2D eigenvalue weighted by atomic mass is 32.2. The van der Waals surface area contributed by atoms with Crippen molar-refractivity contribution in [1.82, 2.24) is 9.71 Å². The van der Waals surface area contributed by atoms with Crippen LogP contribution >= 0.6 is 0 Å². The number of amidine groups is 1. The number of aromatic nitrogens is 1. The van der Waals surface area contributed by atoms with E-state index in [0.717, 1.165) is 16.4 Å². The maximum atomic E-state index is 13.3. The van der Waals surface area contributed by atoms with Gasteiger partial charge in [0.15, 0.2) is 11.6 Å². The van der Waals surface area contributed by atoms with Crippen LogP contribution in [0.15, 0.2) is 29.3 Å². The van der Waals surface area contributed by atoms with Crippen molar-refractivity contribution in [2.75, 3.05) is 43.5 Å². The molecular formula is C22H26F3N5O6S. The number of hydrogen-bond donors (Lipinski definition) is 3. The number of methoxy groups -OCH3 is 1. The first kappa shape index (κ1) is 26.8. The number of pyridine rings is 1. The Morgan fingerprint density at radius 2 is 2.11 bits per heavy atom. The third-order valence-corrected chi connectivity index (χ3v) is 7.12. The highest BCUT2D eigenvalue weighted by Gasteiger charge is 2.37. The maximum absolute atomic E-state index is 13.3. The molecule has 4 rings (SSSR count). The highest BCUT2D eigenvalue weighted by molar-refractivity contribution is 7.91. The van der Waals surface area contributed by atoms with Crippen LogP contribution in [0.5, 0.6) is 11.6 Å². The number of hydrogen-bond acceptors (Lipinski definition) is 9. The van der Waals surface area contributed by atoms with Crippen molar-refractivity contribution in [3.05, 3.63) is 41.0 Å². The Morgan fingerprint density at radius 1 is 1.35 bits per heavy atom. The van der Waals surface area contributed by atoms with E-state index in [1.807, 2.05) is 0 Å². The molecule has 0 radical (unpaired) electrons. The van der Waals surface area contributed by atoms with Crippen molar-refractivity contribution in [1.29, 1.82) is 0 Å². The predicted octanol–water partition coefficient (Wildman–Crippen LogP) is 2.01. The van der Waals surface area contributed by atoms with Gasteiger partial charge in [-0.15, -0.1) is 0 Å². The molecular weight excluding hydrogens is 519 g/mol. The number of alkyl halides is 3. The Hall–Kier alpha value is -3.30. The quantitative estimate of drug-likeness (QED) is 0.448. The highest BCUT2D eigenvalue weighted by Crippen LogP contribution is 2.37. The van der Waals surface area contributed by atoms with E-state index in [2.05, 4.69) is 14.7 Å². The van der Waals surface area contributed by atoms with E-state index in [1.54, 1.807) is 0 Å². The van der Waals surface area contributed by atoms with Gasteiger partial charge in [0, 0.05) is 18.2 Å². The lowest BCUT2D eigenvalue weighted by Crippen LogP contribution is -2.50. The number of nitrogens with one attached hydrogen (secondary N) is 1. The Labute approximate surface area is 211 Å². The molecule has 3 heterocycles. The topological polar surface area (TPSA) is 149 Å². The second-order valence-corrected chi connectivity index (χ2v) is 10.0. The molecule has 1 aromatic heterocycles. The van der Waals surface area contributed by atoms with E-state index < -0.39 is 34.6 Å². The Balaban J connectivity index is 1.83. The van der Waals surface area contributed by atoms with E-state index >= 15 is 0 Å². The summed E-state index contributed by atoms with van der Waals surface area (Å²) in [5.74, 6) is -0.0567. The minimum Gasteiger partial charge on any atom is -0.482 e. The van der Waals surface area contributed by atoms with Crippen LogP contribution in [0, 0.1) is 0 Å². The average molecular weight is 546 g/mol. The summed E-state index contributed by atoms with van der Waals surface area (Å²) in [6.07, 6.45) is -4.29. The molecule has 0 saturated carbocycles. The number of nitrogens with zero attached hydrogens (tertiary/aromatic N) is 3. The first-order valence-electron chi connectivity index (χ1n) is 11.2. The molecule has 0 spiro atoms. The zero-order chi connectivity index (χ0) is 27.0. The van der Waals surface area contributed by atoms with Crippen molar-refractivity contribution in [2.45, 2.75) is 31.7 Å². The van der Waals surface area contributed by atoms with Gasteiger partial charge in [0.1, 0.15) is 11.9 Å². The van der Waals surface area contributed by atoms with E-state index in [1.165, 1.54) is 26.2 Å². The Kier molecular flexibility index (Phi) is 7.39. The van der Waals surface area contributed by atoms with Gasteiger partial charge >= 0.3 is 16.4 Å². The minimum absolute atomic E-state index is 0.00346. The Morgan fingerprint density at radius 3 is 2.73 bits per heavy atom. The smallest absolute Gasteiger partial charge is 0.416 e. The van der Waals surface area contributed by atoms with Crippen LogP contribution in [0.4, 0.5) is 24.7 Å². The van der Waals surface area contributed by atoms with Gasteiger partial charge in [-0.3, -0.25) is 4.99 Å². The number of anilines is 2. The number of nitrogen functional groups attached to an aromatic ring is 1. The first-order chi connectivity index (χ1) is 17.4. The fraction of sp³-hybridized carbons (Fsp3) is 0.455. The Bertz CT molecular complexity index is 1300. The van der Waals surface area contributed by atoms with Crippen LogP contribution in [-0.4, -0.2) is 63.9 Å². The number of aliphatic hydroxyl groups is 1. The fourth-order valence-corrected chi connectivity index (χ4v) is 5.16. The lowest BCUT2D eigenvalue weighted by molar-refractivity contribution is -0.137. The molecule has 11 nitrogen and oxygen atoms in total. The van der Waals surface area contributed by atoms with Gasteiger partial charge in [-0.25, -0.2) is 9.03 Å². The normalized spacial score (nSPS) is 20.9. The van der Waals surface area contributed by atoms with Gasteiger partial charge in [-0.05, 0) is 30.7 Å². The van der Waals surface area contributed by atoms with Crippen LogP contribution in [0.3, 0.4) is 0 Å². The number of β-amino-alcohol motifs (C(OH)–C–C–N with tert-alkyl or cyclic N) is 1. The summed E-state index contributed by atoms with van der Waals surface area (Å²) in [6.45, 7) is 1.54. The molecule has 2 atom stereocenters. The predicted molar refractivity (Wildman–Crippen MR) is 128 cm³/mol. The fourth-order valence-electron chi connectivity index (χ4n) is 3.96. The number of halogens is 3. The van der Waals surface area contributed by atoms with Crippen LogP contribution in [0.1, 0.15) is 36.1 Å². The van der Waals surface area contributed by atoms with Crippen molar-refractivity contribution in [2.24, 2.45) is 4.99 Å². The summed E-state index contributed by atoms with van der Waals surface area (Å²) >= 11 is 0. The van der Waals surface area contributed by atoms with Crippen molar-refractivity contribution in [3.8, 4) is 11.6 Å². The van der Waals surface area contributed by atoms with Gasteiger partial charge in [-0.1, -0.05) is 0 Å². The number of ether oxygens (including phenoxy) is 3. The first-order valence-corrected chi connectivity index (χ1v) is 12.7. The summed E-state index contributed by atoms with van der Waals surface area (Å²) in [6, 6.07) is 3.59. The van der Waals surface area contributed by atoms with Crippen molar-refractivity contribution >= 4 is 27.6 Å². The molecule has 4 N–H and O–H groups in total. The summed E-state index contributed by atoms with van der Waals surface area (Å²) in [5, 5.41) is 9.46. The summed E-state index contributed by atoms with van der Waals surface area (Å²) in [7, 11) is -2.93. The molecule has 1 aromatic carbocycles. The third kappa shape index (κ3) is 5.67. The zero-order valence-electron chi connectivity index (χ0n) is 19.9. The van der Waals surface area contributed by atoms with Crippen LogP contribution in [0.25, 0.3) is 0 Å². The number of aliphatic hydroxyl groups excluding tert-OH is 1. The molecule has 2 aliphatic rings. The van der Waals surface area contributed by atoms with Crippen molar-refractivity contribution < 1.29 is 40.9 Å². The largest absolute Gasteiger partial charge is 0.482 e. The van der Waals surface area contributed by atoms with Crippen LogP contribution in [0.2, 0.25) is 0 Å². The van der Waals surface area contributed by atoms with Crippen LogP contribution < -0.4 is 24.2 Å². The molecule has 15 heteroatoms. The standard InChI is InChI=1S/C22H26F3N5O6S/c1-12(13-7-14(22(23,24)25)9-15(26)8-13)27-19-17-10-18(36-16-3-6-35-11-16)21(34-2)28-20(17)30(4-5-31)37(32,33)29-19/h7-10,12,16,31H,3-6,11,26H2,1-2H3,(H,27,29)/t12-,16+/m1/s1. The van der Waals surface area contributed by atoms with Gasteiger partial charge in [-0.2, -0.15) is 26.6 Å². The van der Waals surface area contributed by atoms with Gasteiger partial charge in [0.05, 0.1) is 50.6 Å². The lowest BCUT2D eigenvalue weighted by Gasteiger charge is -2.31. The molecule has 0 unspecified atom stereocenters. The number of fused-ring (bicyclic) bond motifs is 1. The van der Waals surface area contributed by atoms with Gasteiger partial charge in [0.25, 0.3) is 5.88 Å². The second kappa shape index (κ2) is 10.2. The monoisotopic (exact) mass is 545 g/mol. The van der Waals surface area contributed by atoms with Crippen LogP contribution in [-0.2, 0) is 21.1 Å². The molecule has 0 aliphatic carbocycles. The maximum Gasteiger partial charge on any atom is 0.416 e. The molecule has 37 heavy (non-hydrogen) atoms. The van der Waals surface area contributed by atoms with Gasteiger partial charge < -0.3 is 25.1 Å². The molecule has 2 aromatic rings. The molecule has 0 amide bonds. The number of aliphatic imine (C=N–C) groups is 1. The zero-order valence-corrected chi connectivity index (χ0v) is 20.8. The molecule has 202 valence electrons. The molecule has 0 bridgehead atoms.